The summed E-state index contributed by atoms with van der Waals surface area (Å²) < 4.78 is 0. The van der Waals surface area contributed by atoms with E-state index in [0.717, 1.165) is 32.4 Å². The third kappa shape index (κ3) is 2.87. The van der Waals surface area contributed by atoms with Crippen molar-refractivity contribution in [3.8, 4) is 6.07 Å². The van der Waals surface area contributed by atoms with Gasteiger partial charge in [0.1, 0.15) is 6.07 Å². The molecule has 90 valence electrons. The Bertz CT molecular complexity index is 602. The van der Waals surface area contributed by atoms with E-state index in [1.165, 1.54) is 0 Å². The molecular formula is C15H12ClNS. The third-order valence-corrected chi connectivity index (χ3v) is 4.32. The summed E-state index contributed by atoms with van der Waals surface area (Å²) in [6.07, 6.45) is 0. The Balaban J connectivity index is 2.22. The fraction of sp³-hybridized carbons (Fsp3) is 0.133. The van der Waals surface area contributed by atoms with Crippen LogP contribution in [0.4, 0.5) is 0 Å². The summed E-state index contributed by atoms with van der Waals surface area (Å²) in [7, 11) is 0. The minimum atomic E-state index is 0.729. The molecule has 0 radical (unpaired) electrons. The van der Waals surface area contributed by atoms with Crippen molar-refractivity contribution >= 4 is 23.4 Å². The van der Waals surface area contributed by atoms with Gasteiger partial charge >= 0.3 is 0 Å². The van der Waals surface area contributed by atoms with Gasteiger partial charge in [-0.1, -0.05) is 41.9 Å². The highest BCUT2D eigenvalue weighted by Crippen LogP contribution is 2.31. The number of hydrogen-bond donors (Lipinski definition) is 0. The summed E-state index contributed by atoms with van der Waals surface area (Å²) >= 11 is 7.78. The van der Waals surface area contributed by atoms with E-state index in [4.69, 9.17) is 16.9 Å². The van der Waals surface area contributed by atoms with E-state index >= 15 is 0 Å². The SMILES string of the molecule is Cc1cccc(C#N)c1SCc1ccccc1Cl. The Morgan fingerprint density at radius 1 is 1.17 bits per heavy atom. The zero-order valence-corrected chi connectivity index (χ0v) is 11.6. The molecule has 0 aromatic heterocycles. The van der Waals surface area contributed by atoms with Crippen molar-refractivity contribution in [1.29, 1.82) is 5.26 Å². The van der Waals surface area contributed by atoms with E-state index in [-0.39, 0.29) is 0 Å². The van der Waals surface area contributed by atoms with Crippen LogP contribution in [0, 0.1) is 18.3 Å². The molecule has 2 aromatic carbocycles. The van der Waals surface area contributed by atoms with Crippen LogP contribution >= 0.6 is 23.4 Å². The monoisotopic (exact) mass is 273 g/mol. The summed E-state index contributed by atoms with van der Waals surface area (Å²) in [5, 5.41) is 9.88. The number of nitriles is 1. The van der Waals surface area contributed by atoms with Gasteiger partial charge < -0.3 is 0 Å². The molecule has 3 heteroatoms. The maximum absolute atomic E-state index is 9.11. The van der Waals surface area contributed by atoms with Gasteiger partial charge in [0.2, 0.25) is 0 Å². The molecule has 0 atom stereocenters. The van der Waals surface area contributed by atoms with Gasteiger partial charge in [0.25, 0.3) is 0 Å². The Morgan fingerprint density at radius 2 is 1.94 bits per heavy atom. The molecule has 0 saturated heterocycles. The average molecular weight is 274 g/mol. The topological polar surface area (TPSA) is 23.8 Å². The second-order valence-corrected chi connectivity index (χ2v) is 5.34. The smallest absolute Gasteiger partial charge is 0.100 e. The molecule has 0 aliphatic heterocycles. The second kappa shape index (κ2) is 5.95. The maximum atomic E-state index is 9.11. The lowest BCUT2D eigenvalue weighted by molar-refractivity contribution is 1.25. The molecule has 0 aliphatic carbocycles. The first kappa shape index (κ1) is 13.0. The van der Waals surface area contributed by atoms with Gasteiger partial charge in [0, 0.05) is 15.7 Å². The average Bonchev–Trinajstić information content (AvgIpc) is 2.39. The standard InChI is InChI=1S/C15H12ClNS/c1-11-5-4-7-12(9-17)15(11)18-10-13-6-2-3-8-14(13)16/h2-8H,10H2,1H3. The molecule has 0 spiro atoms. The highest BCUT2D eigenvalue weighted by Gasteiger charge is 2.07. The molecule has 2 rings (SSSR count). The maximum Gasteiger partial charge on any atom is 0.100 e. The fourth-order valence-electron chi connectivity index (χ4n) is 1.70. The summed E-state index contributed by atoms with van der Waals surface area (Å²) in [5.41, 5.74) is 2.95. The van der Waals surface area contributed by atoms with E-state index in [9.17, 15) is 0 Å². The summed E-state index contributed by atoms with van der Waals surface area (Å²) in [4.78, 5) is 1.04. The number of nitrogens with zero attached hydrogens (tertiary/aromatic N) is 1. The Labute approximate surface area is 116 Å². The highest BCUT2D eigenvalue weighted by molar-refractivity contribution is 7.98. The van der Waals surface area contributed by atoms with Crippen LogP contribution < -0.4 is 0 Å². The Kier molecular flexibility index (Phi) is 4.30. The molecule has 0 N–H and O–H groups in total. The molecule has 0 unspecified atom stereocenters. The van der Waals surface area contributed by atoms with E-state index in [2.05, 4.69) is 6.07 Å². The van der Waals surface area contributed by atoms with Crippen molar-refractivity contribution in [1.82, 2.24) is 0 Å². The highest BCUT2D eigenvalue weighted by atomic mass is 35.5. The molecule has 0 aliphatic rings. The number of rotatable bonds is 3. The van der Waals surface area contributed by atoms with Gasteiger partial charge in [0.05, 0.1) is 5.56 Å². The molecular weight excluding hydrogens is 262 g/mol. The van der Waals surface area contributed by atoms with Gasteiger partial charge in [-0.3, -0.25) is 0 Å². The van der Waals surface area contributed by atoms with Crippen LogP contribution in [-0.4, -0.2) is 0 Å². The van der Waals surface area contributed by atoms with Crippen LogP contribution in [0.3, 0.4) is 0 Å². The predicted octanol–water partition coefficient (Wildman–Crippen LogP) is 4.81. The first-order chi connectivity index (χ1) is 8.72. The fourth-order valence-corrected chi connectivity index (χ4v) is 3.10. The number of halogens is 1. The zero-order chi connectivity index (χ0) is 13.0. The first-order valence-corrected chi connectivity index (χ1v) is 6.94. The van der Waals surface area contributed by atoms with E-state index in [0.29, 0.717) is 0 Å². The Hall–Kier alpha value is -1.43. The molecule has 0 bridgehead atoms. The van der Waals surface area contributed by atoms with Crippen molar-refractivity contribution in [2.75, 3.05) is 0 Å². The molecule has 18 heavy (non-hydrogen) atoms. The van der Waals surface area contributed by atoms with Crippen LogP contribution in [0.25, 0.3) is 0 Å². The molecule has 1 nitrogen and oxygen atoms in total. The van der Waals surface area contributed by atoms with Crippen LogP contribution in [0.2, 0.25) is 5.02 Å². The van der Waals surface area contributed by atoms with E-state index < -0.39 is 0 Å². The summed E-state index contributed by atoms with van der Waals surface area (Å²) in [5.74, 6) is 0.777. The largest absolute Gasteiger partial charge is 0.192 e. The molecule has 0 saturated carbocycles. The predicted molar refractivity (Wildman–Crippen MR) is 76.9 cm³/mol. The van der Waals surface area contributed by atoms with Crippen molar-refractivity contribution in [3.05, 3.63) is 64.2 Å². The second-order valence-electron chi connectivity index (χ2n) is 3.94. The Morgan fingerprint density at radius 3 is 2.67 bits per heavy atom. The number of benzene rings is 2. The minimum absolute atomic E-state index is 0.729. The summed E-state index contributed by atoms with van der Waals surface area (Å²) in [6, 6.07) is 15.8. The molecule has 2 aromatic rings. The van der Waals surface area contributed by atoms with Crippen LogP contribution in [0.1, 0.15) is 16.7 Å². The first-order valence-electron chi connectivity index (χ1n) is 5.58. The third-order valence-electron chi connectivity index (χ3n) is 2.66. The number of thioether (sulfide) groups is 1. The van der Waals surface area contributed by atoms with Gasteiger partial charge in [-0.2, -0.15) is 5.26 Å². The van der Waals surface area contributed by atoms with Gasteiger partial charge in [-0.25, -0.2) is 0 Å². The zero-order valence-electron chi connectivity index (χ0n) is 9.98. The van der Waals surface area contributed by atoms with Crippen molar-refractivity contribution in [2.24, 2.45) is 0 Å². The van der Waals surface area contributed by atoms with Gasteiger partial charge in [0.15, 0.2) is 0 Å². The molecule has 0 amide bonds. The quantitative estimate of drug-likeness (QED) is 0.749. The minimum Gasteiger partial charge on any atom is -0.192 e. The lowest BCUT2D eigenvalue weighted by Gasteiger charge is -2.08. The number of aryl methyl sites for hydroxylation is 1. The molecule has 0 heterocycles. The van der Waals surface area contributed by atoms with E-state index in [1.54, 1.807) is 11.8 Å². The van der Waals surface area contributed by atoms with Crippen LogP contribution in [-0.2, 0) is 5.75 Å². The van der Waals surface area contributed by atoms with Crippen molar-refractivity contribution in [2.45, 2.75) is 17.6 Å². The van der Waals surface area contributed by atoms with Crippen LogP contribution in [0.15, 0.2) is 47.4 Å². The summed E-state index contributed by atoms with van der Waals surface area (Å²) in [6.45, 7) is 2.02. The van der Waals surface area contributed by atoms with Crippen molar-refractivity contribution < 1.29 is 0 Å². The number of hydrogen-bond acceptors (Lipinski definition) is 2. The normalized spacial score (nSPS) is 10.1. The molecule has 0 fully saturated rings. The van der Waals surface area contributed by atoms with Crippen LogP contribution in [0.5, 0.6) is 0 Å². The lowest BCUT2D eigenvalue weighted by atomic mass is 10.1. The van der Waals surface area contributed by atoms with Crippen molar-refractivity contribution in [3.63, 3.8) is 0 Å². The lowest BCUT2D eigenvalue weighted by Crippen LogP contribution is -1.88. The van der Waals surface area contributed by atoms with Gasteiger partial charge in [-0.05, 0) is 30.2 Å². The van der Waals surface area contributed by atoms with Gasteiger partial charge in [-0.15, -0.1) is 11.8 Å². The van der Waals surface area contributed by atoms with E-state index in [1.807, 2.05) is 49.4 Å².